The Kier molecular flexibility index (Phi) is 8.08. The summed E-state index contributed by atoms with van der Waals surface area (Å²) in [5.41, 5.74) is 3.43. The van der Waals surface area contributed by atoms with Crippen molar-refractivity contribution >= 4 is 0 Å². The van der Waals surface area contributed by atoms with Gasteiger partial charge in [-0.15, -0.1) is 0 Å². The van der Waals surface area contributed by atoms with Crippen LogP contribution in [-0.2, 0) is 6.54 Å². The summed E-state index contributed by atoms with van der Waals surface area (Å²) in [4.78, 5) is 0. The summed E-state index contributed by atoms with van der Waals surface area (Å²) >= 11 is 0. The van der Waals surface area contributed by atoms with Crippen LogP contribution in [0.1, 0.15) is 18.4 Å². The molecule has 1 saturated heterocycles. The van der Waals surface area contributed by atoms with Gasteiger partial charge in [0.15, 0.2) is 0 Å². The van der Waals surface area contributed by atoms with Gasteiger partial charge in [-0.25, -0.2) is 4.39 Å². The Labute approximate surface area is 190 Å². The van der Waals surface area contributed by atoms with Gasteiger partial charge in [-0.05, 0) is 35.4 Å². The van der Waals surface area contributed by atoms with Crippen molar-refractivity contribution in [2.45, 2.75) is 25.5 Å². The zero-order valence-electron chi connectivity index (χ0n) is 17.6. The van der Waals surface area contributed by atoms with E-state index < -0.39 is 6.10 Å². The summed E-state index contributed by atoms with van der Waals surface area (Å²) in [5.74, 6) is 0.554. The number of hydrogen-bond donors (Lipinski definition) is 1. The molecule has 0 bridgehead atoms. The van der Waals surface area contributed by atoms with Crippen molar-refractivity contribution in [3.63, 3.8) is 0 Å². The van der Waals surface area contributed by atoms with Crippen LogP contribution in [0.5, 0.6) is 5.75 Å². The molecule has 3 aromatic carbocycles. The van der Waals surface area contributed by atoms with Crippen molar-refractivity contribution in [3.8, 4) is 16.9 Å². The molecule has 0 saturated carbocycles. The number of hydrogen-bond acceptors (Lipinski definition) is 2. The first-order valence-electron chi connectivity index (χ1n) is 10.7. The van der Waals surface area contributed by atoms with E-state index in [9.17, 15) is 9.50 Å². The van der Waals surface area contributed by atoms with Crippen molar-refractivity contribution in [2.24, 2.45) is 0 Å². The topological polar surface area (TPSA) is 29.5 Å². The van der Waals surface area contributed by atoms with Gasteiger partial charge in [0.2, 0.25) is 0 Å². The largest absolute Gasteiger partial charge is 1.00 e. The molecule has 0 radical (unpaired) electrons. The molecule has 4 rings (SSSR count). The van der Waals surface area contributed by atoms with E-state index in [1.165, 1.54) is 17.7 Å². The number of aliphatic hydroxyl groups excluding tert-OH is 1. The number of quaternary nitrogens is 1. The number of nitrogens with zero attached hydrogens (tertiary/aromatic N) is 1. The molecule has 31 heavy (non-hydrogen) atoms. The van der Waals surface area contributed by atoms with Crippen LogP contribution in [0.3, 0.4) is 0 Å². The quantitative estimate of drug-likeness (QED) is 0.542. The minimum Gasteiger partial charge on any atom is -1.00 e. The first-order chi connectivity index (χ1) is 14.6. The van der Waals surface area contributed by atoms with Crippen LogP contribution in [-0.4, -0.2) is 41.9 Å². The van der Waals surface area contributed by atoms with Crippen molar-refractivity contribution in [1.82, 2.24) is 0 Å². The van der Waals surface area contributed by atoms with Gasteiger partial charge in [-0.2, -0.15) is 0 Å². The summed E-state index contributed by atoms with van der Waals surface area (Å²) in [6.45, 7) is 3.83. The predicted octanol–water partition coefficient (Wildman–Crippen LogP) is 2.05. The summed E-state index contributed by atoms with van der Waals surface area (Å²) in [7, 11) is 0. The van der Waals surface area contributed by atoms with Crippen LogP contribution in [0.15, 0.2) is 78.9 Å². The Morgan fingerprint density at radius 3 is 2.10 bits per heavy atom. The molecule has 1 aliphatic rings. The number of benzene rings is 3. The van der Waals surface area contributed by atoms with E-state index in [2.05, 4.69) is 12.1 Å². The summed E-state index contributed by atoms with van der Waals surface area (Å²) in [6.07, 6.45) is 1.78. The van der Waals surface area contributed by atoms with E-state index >= 15 is 0 Å². The highest BCUT2D eigenvalue weighted by atomic mass is 35.5. The number of likely N-dealkylation sites (tertiary alicyclic amines) is 1. The van der Waals surface area contributed by atoms with E-state index in [1.807, 2.05) is 54.6 Å². The minimum absolute atomic E-state index is 0. The minimum atomic E-state index is -0.544. The number of ether oxygens (including phenoxy) is 1. The molecule has 1 heterocycles. The van der Waals surface area contributed by atoms with Crippen LogP contribution < -0.4 is 17.1 Å². The lowest BCUT2D eigenvalue weighted by molar-refractivity contribution is -0.932. The third-order valence-electron chi connectivity index (χ3n) is 5.95. The standard InChI is InChI=1S/C26H29FNO2.ClH/c27-24-12-8-21(9-13-24)18-28(16-4-5-17-28)19-25(29)20-30-26-14-10-23(11-15-26)22-6-2-1-3-7-22;/h1-3,6-15,25,29H,4-5,16-20H2;1H/q+1;/p-1. The first kappa shape index (κ1) is 23.3. The van der Waals surface area contributed by atoms with Gasteiger partial charge in [0.05, 0.1) is 13.1 Å². The molecule has 0 amide bonds. The fourth-order valence-corrected chi connectivity index (χ4v) is 4.45. The maximum Gasteiger partial charge on any atom is 0.137 e. The van der Waals surface area contributed by atoms with Crippen LogP contribution in [0.25, 0.3) is 11.1 Å². The fourth-order valence-electron chi connectivity index (χ4n) is 4.45. The molecule has 0 spiro atoms. The van der Waals surface area contributed by atoms with E-state index in [1.54, 1.807) is 0 Å². The van der Waals surface area contributed by atoms with Gasteiger partial charge in [0.1, 0.15) is 37.4 Å². The molecule has 1 N–H and O–H groups in total. The zero-order valence-corrected chi connectivity index (χ0v) is 18.3. The van der Waals surface area contributed by atoms with Crippen molar-refractivity contribution in [3.05, 3.63) is 90.2 Å². The Hall–Kier alpha value is -2.40. The Morgan fingerprint density at radius 1 is 0.839 bits per heavy atom. The molecule has 0 aliphatic carbocycles. The molecule has 3 nitrogen and oxygen atoms in total. The molecule has 1 aliphatic heterocycles. The Morgan fingerprint density at radius 2 is 1.45 bits per heavy atom. The average molecular weight is 442 g/mol. The van der Waals surface area contributed by atoms with E-state index in [0.717, 1.165) is 53.8 Å². The van der Waals surface area contributed by atoms with Crippen LogP contribution >= 0.6 is 0 Å². The normalized spacial score (nSPS) is 15.8. The monoisotopic (exact) mass is 441 g/mol. The second-order valence-corrected chi connectivity index (χ2v) is 8.32. The van der Waals surface area contributed by atoms with Crippen molar-refractivity contribution in [2.75, 3.05) is 26.2 Å². The molecule has 0 aromatic heterocycles. The highest BCUT2D eigenvalue weighted by Crippen LogP contribution is 2.25. The smallest absolute Gasteiger partial charge is 0.137 e. The van der Waals surface area contributed by atoms with Gasteiger partial charge in [0.25, 0.3) is 0 Å². The van der Waals surface area contributed by atoms with Crippen molar-refractivity contribution in [1.29, 1.82) is 0 Å². The lowest BCUT2D eigenvalue weighted by atomic mass is 10.1. The van der Waals surface area contributed by atoms with Crippen LogP contribution in [0, 0.1) is 5.82 Å². The SMILES string of the molecule is OC(COc1ccc(-c2ccccc2)cc1)C[N+]1(Cc2ccc(F)cc2)CCCC1.[Cl-]. The Balaban J connectivity index is 0.00000272. The second kappa shape index (κ2) is 10.8. The number of rotatable bonds is 8. The van der Waals surface area contributed by atoms with E-state index in [0.29, 0.717) is 6.54 Å². The van der Waals surface area contributed by atoms with Crippen LogP contribution in [0.4, 0.5) is 4.39 Å². The Bertz CT molecular complexity index is 926. The molecule has 1 atom stereocenters. The van der Waals surface area contributed by atoms with Crippen LogP contribution in [0.2, 0.25) is 0 Å². The molecule has 164 valence electrons. The maximum absolute atomic E-state index is 13.2. The lowest BCUT2D eigenvalue weighted by Gasteiger charge is -2.36. The summed E-state index contributed by atoms with van der Waals surface area (Å²) in [5, 5.41) is 10.7. The number of aliphatic hydroxyl groups is 1. The van der Waals surface area contributed by atoms with Gasteiger partial charge in [-0.1, -0.05) is 54.6 Å². The third kappa shape index (κ3) is 6.30. The first-order valence-corrected chi connectivity index (χ1v) is 10.7. The fraction of sp³-hybridized carbons (Fsp3) is 0.308. The molecule has 3 aromatic rings. The zero-order chi connectivity index (χ0) is 20.8. The van der Waals surface area contributed by atoms with E-state index in [4.69, 9.17) is 4.74 Å². The lowest BCUT2D eigenvalue weighted by Crippen LogP contribution is -3.00. The second-order valence-electron chi connectivity index (χ2n) is 8.32. The third-order valence-corrected chi connectivity index (χ3v) is 5.95. The molecule has 1 fully saturated rings. The molecular weight excluding hydrogens is 413 g/mol. The highest BCUT2D eigenvalue weighted by molar-refractivity contribution is 5.63. The summed E-state index contributed by atoms with van der Waals surface area (Å²) < 4.78 is 19.9. The average Bonchev–Trinajstić information content (AvgIpc) is 3.23. The molecule has 1 unspecified atom stereocenters. The summed E-state index contributed by atoms with van der Waals surface area (Å²) in [6, 6.07) is 24.9. The van der Waals surface area contributed by atoms with Gasteiger partial charge < -0.3 is 26.7 Å². The van der Waals surface area contributed by atoms with Crippen molar-refractivity contribution < 1.29 is 31.1 Å². The van der Waals surface area contributed by atoms with Gasteiger partial charge in [0, 0.05) is 18.4 Å². The van der Waals surface area contributed by atoms with Gasteiger partial charge >= 0.3 is 0 Å². The predicted molar refractivity (Wildman–Crippen MR) is 118 cm³/mol. The number of halogens is 2. The maximum atomic E-state index is 13.2. The highest BCUT2D eigenvalue weighted by Gasteiger charge is 2.34. The molecular formula is C26H29ClFNO2. The van der Waals surface area contributed by atoms with Gasteiger partial charge in [-0.3, -0.25) is 0 Å². The molecule has 5 heteroatoms. The van der Waals surface area contributed by atoms with E-state index in [-0.39, 0.29) is 24.8 Å².